The molecule has 4 nitrogen and oxygen atoms in total. The number of amides is 1. The Labute approximate surface area is 145 Å². The molecule has 0 bridgehead atoms. The number of fused-ring (bicyclic) bond motifs is 1. The summed E-state index contributed by atoms with van der Waals surface area (Å²) in [5.74, 6) is -0.704. The van der Waals surface area contributed by atoms with Gasteiger partial charge in [-0.15, -0.1) is 0 Å². The van der Waals surface area contributed by atoms with E-state index in [-0.39, 0.29) is 24.6 Å². The van der Waals surface area contributed by atoms with Gasteiger partial charge in [0, 0.05) is 23.7 Å². The number of hydrogen-bond donors (Lipinski definition) is 2. The summed E-state index contributed by atoms with van der Waals surface area (Å²) in [5, 5.41) is 6.14. The Bertz CT molecular complexity index is 795. The van der Waals surface area contributed by atoms with Gasteiger partial charge < -0.3 is 15.4 Å². The quantitative estimate of drug-likeness (QED) is 0.857. The zero-order valence-electron chi connectivity index (χ0n) is 14.1. The highest BCUT2D eigenvalue weighted by atomic mass is 19.1. The van der Waals surface area contributed by atoms with Gasteiger partial charge in [0.2, 0.25) is 0 Å². The van der Waals surface area contributed by atoms with Crippen LogP contribution in [0, 0.1) is 11.6 Å². The maximum absolute atomic E-state index is 14.1. The van der Waals surface area contributed by atoms with Crippen LogP contribution in [0.1, 0.15) is 43.5 Å². The predicted molar refractivity (Wildman–Crippen MR) is 91.5 cm³/mol. The number of hydrogen-bond acceptors (Lipinski definition) is 3. The van der Waals surface area contributed by atoms with Crippen molar-refractivity contribution >= 4 is 11.6 Å². The predicted octanol–water partition coefficient (Wildman–Crippen LogP) is 4.10. The number of ether oxygens (including phenoxy) is 1. The van der Waals surface area contributed by atoms with Gasteiger partial charge in [-0.2, -0.15) is 0 Å². The van der Waals surface area contributed by atoms with Crippen LogP contribution in [-0.4, -0.2) is 12.5 Å². The van der Waals surface area contributed by atoms with Crippen LogP contribution < -0.4 is 15.4 Å². The van der Waals surface area contributed by atoms with E-state index < -0.39 is 11.6 Å². The fourth-order valence-corrected chi connectivity index (χ4v) is 2.98. The fraction of sp³-hybridized carbons (Fsp3) is 0.316. The fourth-order valence-electron chi connectivity index (χ4n) is 2.98. The van der Waals surface area contributed by atoms with E-state index in [4.69, 9.17) is 4.74 Å². The van der Waals surface area contributed by atoms with Crippen molar-refractivity contribution in [1.29, 1.82) is 0 Å². The summed E-state index contributed by atoms with van der Waals surface area (Å²) in [6.45, 7) is 3.91. The molecule has 1 aliphatic heterocycles. The SMILES string of the molecule is CC[C@@H](N[C@@H](C)c1ccc2c(c1)NC(=O)CO2)c1ccc(F)cc1F. The lowest BCUT2D eigenvalue weighted by Gasteiger charge is -2.25. The zero-order chi connectivity index (χ0) is 18.0. The van der Waals surface area contributed by atoms with Crippen LogP contribution in [0.2, 0.25) is 0 Å². The van der Waals surface area contributed by atoms with Gasteiger partial charge in [-0.3, -0.25) is 4.79 Å². The summed E-state index contributed by atoms with van der Waals surface area (Å²) >= 11 is 0. The van der Waals surface area contributed by atoms with Gasteiger partial charge in [0.25, 0.3) is 5.91 Å². The molecule has 3 rings (SSSR count). The number of nitrogens with one attached hydrogen (secondary N) is 2. The number of carbonyl (C=O) groups is 1. The van der Waals surface area contributed by atoms with E-state index in [9.17, 15) is 13.6 Å². The molecule has 0 radical (unpaired) electrons. The van der Waals surface area contributed by atoms with Crippen molar-refractivity contribution in [3.8, 4) is 5.75 Å². The molecular weight excluding hydrogens is 326 g/mol. The molecule has 1 heterocycles. The molecule has 132 valence electrons. The third-order valence-electron chi connectivity index (χ3n) is 4.33. The van der Waals surface area contributed by atoms with Crippen molar-refractivity contribution in [3.63, 3.8) is 0 Å². The molecule has 1 amide bonds. The third-order valence-corrected chi connectivity index (χ3v) is 4.33. The molecule has 0 aliphatic carbocycles. The maximum Gasteiger partial charge on any atom is 0.262 e. The lowest BCUT2D eigenvalue weighted by Crippen LogP contribution is -2.27. The number of benzene rings is 2. The van der Waals surface area contributed by atoms with Crippen LogP contribution >= 0.6 is 0 Å². The number of halogens is 2. The van der Waals surface area contributed by atoms with Gasteiger partial charge >= 0.3 is 0 Å². The summed E-state index contributed by atoms with van der Waals surface area (Å²) in [7, 11) is 0. The first-order valence-corrected chi connectivity index (χ1v) is 8.25. The van der Waals surface area contributed by atoms with Gasteiger partial charge in [0.05, 0.1) is 5.69 Å². The monoisotopic (exact) mass is 346 g/mol. The first-order chi connectivity index (χ1) is 12.0. The largest absolute Gasteiger partial charge is 0.482 e. The standard InChI is InChI=1S/C19H20F2N2O2/c1-3-16(14-6-5-13(20)9-15(14)21)22-11(2)12-4-7-18-17(8-12)23-19(24)10-25-18/h4-9,11,16,22H,3,10H2,1-2H3,(H,23,24)/t11-,16+/m0/s1. The second-order valence-electron chi connectivity index (χ2n) is 6.11. The highest BCUT2D eigenvalue weighted by molar-refractivity contribution is 5.95. The normalized spacial score (nSPS) is 15.8. The van der Waals surface area contributed by atoms with Gasteiger partial charge in [0.15, 0.2) is 6.61 Å². The van der Waals surface area contributed by atoms with Crippen molar-refractivity contribution in [2.75, 3.05) is 11.9 Å². The first-order valence-electron chi connectivity index (χ1n) is 8.25. The minimum absolute atomic E-state index is 0.0158. The molecule has 0 saturated carbocycles. The molecule has 0 fully saturated rings. The summed E-state index contributed by atoms with van der Waals surface area (Å²) in [6.07, 6.45) is 0.650. The van der Waals surface area contributed by atoms with Gasteiger partial charge in [-0.25, -0.2) is 8.78 Å². The molecular formula is C19H20F2N2O2. The summed E-state index contributed by atoms with van der Waals surface area (Å²) in [4.78, 5) is 11.5. The summed E-state index contributed by atoms with van der Waals surface area (Å²) in [5.41, 5.74) is 2.00. The molecule has 0 aromatic heterocycles. The first kappa shape index (κ1) is 17.4. The van der Waals surface area contributed by atoms with E-state index in [0.29, 0.717) is 23.4 Å². The number of carbonyl (C=O) groups excluding carboxylic acids is 1. The van der Waals surface area contributed by atoms with E-state index in [1.54, 1.807) is 0 Å². The average Bonchev–Trinajstić information content (AvgIpc) is 2.59. The van der Waals surface area contributed by atoms with Crippen LogP contribution in [0.15, 0.2) is 36.4 Å². The van der Waals surface area contributed by atoms with Gasteiger partial charge in [0.1, 0.15) is 17.4 Å². The topological polar surface area (TPSA) is 50.4 Å². The van der Waals surface area contributed by atoms with Crippen molar-refractivity contribution in [3.05, 3.63) is 59.2 Å². The lowest BCUT2D eigenvalue weighted by molar-refractivity contribution is -0.118. The number of rotatable bonds is 5. The number of anilines is 1. The van der Waals surface area contributed by atoms with E-state index >= 15 is 0 Å². The minimum Gasteiger partial charge on any atom is -0.482 e. The van der Waals surface area contributed by atoms with Crippen LogP contribution in [0.4, 0.5) is 14.5 Å². The van der Waals surface area contributed by atoms with E-state index in [0.717, 1.165) is 11.6 Å². The second kappa shape index (κ2) is 7.19. The van der Waals surface area contributed by atoms with Gasteiger partial charge in [-0.1, -0.05) is 19.1 Å². The molecule has 2 aromatic carbocycles. The average molecular weight is 346 g/mol. The molecule has 1 aliphatic rings. The summed E-state index contributed by atoms with van der Waals surface area (Å²) in [6, 6.07) is 8.84. The van der Waals surface area contributed by atoms with Crippen LogP contribution in [0.3, 0.4) is 0 Å². The van der Waals surface area contributed by atoms with Crippen molar-refractivity contribution in [2.45, 2.75) is 32.4 Å². The molecule has 2 N–H and O–H groups in total. The molecule has 6 heteroatoms. The maximum atomic E-state index is 14.1. The van der Waals surface area contributed by atoms with Crippen molar-refractivity contribution in [1.82, 2.24) is 5.32 Å². The van der Waals surface area contributed by atoms with Crippen molar-refractivity contribution in [2.24, 2.45) is 0 Å². The van der Waals surface area contributed by atoms with E-state index in [1.165, 1.54) is 12.1 Å². The molecule has 2 aromatic rings. The molecule has 25 heavy (non-hydrogen) atoms. The third kappa shape index (κ3) is 3.79. The van der Waals surface area contributed by atoms with Crippen LogP contribution in [0.25, 0.3) is 0 Å². The molecule has 0 saturated heterocycles. The Kier molecular flexibility index (Phi) is 4.99. The zero-order valence-corrected chi connectivity index (χ0v) is 14.1. The summed E-state index contributed by atoms with van der Waals surface area (Å²) < 4.78 is 32.5. The second-order valence-corrected chi connectivity index (χ2v) is 6.11. The van der Waals surface area contributed by atoms with E-state index in [1.807, 2.05) is 32.0 Å². The molecule has 2 atom stereocenters. The van der Waals surface area contributed by atoms with Gasteiger partial charge in [-0.05, 0) is 37.1 Å². The van der Waals surface area contributed by atoms with Crippen LogP contribution in [-0.2, 0) is 4.79 Å². The Hall–Kier alpha value is -2.47. The molecule has 0 spiro atoms. The Morgan fingerprint density at radius 2 is 2.04 bits per heavy atom. The highest BCUT2D eigenvalue weighted by Gasteiger charge is 2.20. The van der Waals surface area contributed by atoms with Crippen LogP contribution in [0.5, 0.6) is 5.75 Å². The highest BCUT2D eigenvalue weighted by Crippen LogP contribution is 2.32. The lowest BCUT2D eigenvalue weighted by atomic mass is 10.00. The van der Waals surface area contributed by atoms with E-state index in [2.05, 4.69) is 10.6 Å². The smallest absolute Gasteiger partial charge is 0.262 e. The Balaban J connectivity index is 1.79. The Morgan fingerprint density at radius 1 is 1.24 bits per heavy atom. The molecule has 0 unspecified atom stereocenters. The van der Waals surface area contributed by atoms with Crippen molar-refractivity contribution < 1.29 is 18.3 Å². The Morgan fingerprint density at radius 3 is 2.76 bits per heavy atom. The minimum atomic E-state index is -0.588.